The number of benzene rings is 3. The molecule has 3 aromatic carbocycles. The Balaban J connectivity index is 0.00000361. The first-order valence-electron chi connectivity index (χ1n) is 9.29. The van der Waals surface area contributed by atoms with Crippen LogP contribution in [0.3, 0.4) is 0 Å². The van der Waals surface area contributed by atoms with Crippen LogP contribution in [-0.4, -0.2) is 46.2 Å². The third kappa shape index (κ3) is 5.15. The van der Waals surface area contributed by atoms with Crippen LogP contribution in [0.15, 0.2) is 69.1 Å². The summed E-state index contributed by atoms with van der Waals surface area (Å²) in [6.45, 7) is 3.20. The van der Waals surface area contributed by atoms with Gasteiger partial charge in [0.25, 0.3) is 32.1 Å². The molecule has 17 heteroatoms. The van der Waals surface area contributed by atoms with E-state index >= 15 is 0 Å². The number of carbonyl (C=O) groups excluding carboxylic acids is 2. The molecule has 0 bridgehead atoms. The minimum atomic E-state index is -5.03. The van der Waals surface area contributed by atoms with E-state index in [1.807, 2.05) is 0 Å². The van der Waals surface area contributed by atoms with Crippen LogP contribution >= 0.6 is 0 Å². The maximum Gasteiger partial charge on any atom is 1.00 e. The number of carbonyl (C=O) groups is 2. The van der Waals surface area contributed by atoms with Crippen molar-refractivity contribution in [2.75, 3.05) is 10.6 Å². The molecule has 1 aliphatic rings. The summed E-state index contributed by atoms with van der Waals surface area (Å²) in [6, 6.07) is 6.86. The second kappa shape index (κ2) is 10.0. The molecule has 0 saturated carbocycles. The quantitative estimate of drug-likeness (QED) is 0.119. The molecule has 4 rings (SSSR count). The Morgan fingerprint density at radius 1 is 0.838 bits per heavy atom. The molecule has 0 radical (unpaired) electrons. The Morgan fingerprint density at radius 3 is 1.92 bits per heavy atom. The summed E-state index contributed by atoms with van der Waals surface area (Å²) in [5, 5.41) is 0.0367. The third-order valence-corrected chi connectivity index (χ3v) is 8.35. The molecular weight excluding hydrogens is 538 g/mol. The van der Waals surface area contributed by atoms with Gasteiger partial charge in [0.1, 0.15) is 4.90 Å². The van der Waals surface area contributed by atoms with Gasteiger partial charge in [0.15, 0.2) is 9.84 Å². The van der Waals surface area contributed by atoms with Gasteiger partial charge >= 0.3 is 37.7 Å². The Morgan fingerprint density at radius 2 is 1.41 bits per heavy atom. The zero-order valence-electron chi connectivity index (χ0n) is 21.2. The molecule has 0 unspecified atom stereocenters. The van der Waals surface area contributed by atoms with Crippen molar-refractivity contribution in [1.29, 1.82) is 0 Å². The molecule has 37 heavy (non-hydrogen) atoms. The van der Waals surface area contributed by atoms with Crippen LogP contribution in [0.25, 0.3) is 10.8 Å². The minimum Gasteiger partial charge on any atom is -1.00 e. The first-order valence-corrected chi connectivity index (χ1v) is 13.7. The topological polar surface area (TPSA) is 206 Å². The van der Waals surface area contributed by atoms with E-state index < -0.39 is 73.9 Å². The smallest absolute Gasteiger partial charge is 1.00 e. The molecule has 2 amide bonds. The van der Waals surface area contributed by atoms with Crippen LogP contribution in [0.1, 0.15) is 23.6 Å². The normalized spacial score (nSPS) is 13.6. The van der Waals surface area contributed by atoms with Crippen molar-refractivity contribution < 1.29 is 84.5 Å². The molecule has 0 aliphatic carbocycles. The van der Waals surface area contributed by atoms with Gasteiger partial charge in [-0.25, -0.2) is 13.3 Å². The molecule has 0 spiro atoms. The van der Waals surface area contributed by atoms with Crippen molar-refractivity contribution in [3.63, 3.8) is 0 Å². The molecule has 4 N–H and O–H groups in total. The summed E-state index contributed by atoms with van der Waals surface area (Å²) in [6.07, 6.45) is 0. The van der Waals surface area contributed by atoms with E-state index in [0.29, 0.717) is 10.3 Å². The number of hydrogen-bond donors (Lipinski definition) is 3. The van der Waals surface area contributed by atoms with Crippen molar-refractivity contribution >= 4 is 64.0 Å². The number of hydrogen-bond acceptors (Lipinski definition) is 9. The first kappa shape index (κ1) is 30.8. The SMILES string of the molecule is C=CS(=O)(=O)c1cccc(N2C(=O)c3cc(S(=O)(=O)O)cc4c(N)c(S(=O)(=O)O)cc(c34)C2=O)c1.[H-].[H-].[Li+].[Li+]. The zero-order chi connectivity index (χ0) is 26.1. The summed E-state index contributed by atoms with van der Waals surface area (Å²) < 4.78 is 91.0. The number of nitrogen functional groups attached to an aromatic ring is 1. The number of anilines is 2. The van der Waals surface area contributed by atoms with E-state index in [-0.39, 0.29) is 56.5 Å². The van der Waals surface area contributed by atoms with E-state index in [1.165, 1.54) is 18.2 Å². The van der Waals surface area contributed by atoms with Crippen LogP contribution < -0.4 is 48.4 Å². The molecular formula is C20H16Li2N2O10S3. The molecule has 3 aromatic rings. The predicted octanol–water partition coefficient (Wildman–Crippen LogP) is -4.13. The van der Waals surface area contributed by atoms with Gasteiger partial charge in [0, 0.05) is 16.2 Å². The Hall–Kier alpha value is -2.44. The predicted molar refractivity (Wildman–Crippen MR) is 125 cm³/mol. The van der Waals surface area contributed by atoms with Crippen molar-refractivity contribution in [2.24, 2.45) is 0 Å². The number of amides is 2. The third-order valence-electron chi connectivity index (χ3n) is 5.28. The number of rotatable bonds is 5. The van der Waals surface area contributed by atoms with Gasteiger partial charge in [-0.2, -0.15) is 16.8 Å². The second-order valence-corrected chi connectivity index (χ2v) is 12.0. The van der Waals surface area contributed by atoms with Crippen molar-refractivity contribution in [3.8, 4) is 0 Å². The van der Waals surface area contributed by atoms with Gasteiger partial charge in [-0.1, -0.05) is 12.6 Å². The van der Waals surface area contributed by atoms with Crippen molar-refractivity contribution in [2.45, 2.75) is 14.7 Å². The molecule has 0 aromatic heterocycles. The fraction of sp³-hybridized carbons (Fsp3) is 0. The standard InChI is InChI=1S/C20H14N2O10S3.2Li.2H/c1-2-33(25,26)11-5-3-4-10(6-11)22-19(23)14-8-12(34(27,28)29)7-13-17(14)15(20(22)24)9-16(18(13)21)35(30,31)32;;;;/h2-9H,1,21H2,(H,27,28,29)(H,30,31,32);;;;/q;2*+1;2*-1. The van der Waals surface area contributed by atoms with Crippen LogP contribution in [-0.2, 0) is 30.1 Å². The summed E-state index contributed by atoms with van der Waals surface area (Å²) in [7, 11) is -13.9. The average molecular weight is 554 g/mol. The second-order valence-electron chi connectivity index (χ2n) is 7.33. The van der Waals surface area contributed by atoms with E-state index in [9.17, 15) is 43.9 Å². The summed E-state index contributed by atoms with van der Waals surface area (Å²) in [4.78, 5) is 25.1. The monoisotopic (exact) mass is 554 g/mol. The summed E-state index contributed by atoms with van der Waals surface area (Å²) in [5.74, 6) is -2.21. The summed E-state index contributed by atoms with van der Waals surface area (Å²) in [5.41, 5.74) is 4.02. The van der Waals surface area contributed by atoms with Crippen molar-refractivity contribution in [1.82, 2.24) is 0 Å². The molecule has 0 atom stereocenters. The molecule has 1 aliphatic heterocycles. The fourth-order valence-electron chi connectivity index (χ4n) is 3.70. The first-order chi connectivity index (χ1) is 16.1. The fourth-order valence-corrected chi connectivity index (χ4v) is 5.63. The van der Waals surface area contributed by atoms with Gasteiger partial charge < -0.3 is 8.59 Å². The summed E-state index contributed by atoms with van der Waals surface area (Å²) >= 11 is 0. The maximum absolute atomic E-state index is 13.4. The van der Waals surface area contributed by atoms with Gasteiger partial charge in [-0.3, -0.25) is 18.7 Å². The van der Waals surface area contributed by atoms with E-state index in [2.05, 4.69) is 6.58 Å². The Labute approximate surface area is 238 Å². The van der Waals surface area contributed by atoms with Crippen molar-refractivity contribution in [3.05, 3.63) is 65.6 Å². The van der Waals surface area contributed by atoms with Crippen LogP contribution in [0.5, 0.6) is 0 Å². The number of nitrogens with zero attached hydrogens (tertiary/aromatic N) is 1. The van der Waals surface area contributed by atoms with Crippen LogP contribution in [0.2, 0.25) is 0 Å². The Kier molecular flexibility index (Phi) is 8.35. The van der Waals surface area contributed by atoms with Gasteiger partial charge in [0.2, 0.25) is 0 Å². The van der Waals surface area contributed by atoms with E-state index in [1.54, 1.807) is 0 Å². The van der Waals surface area contributed by atoms with Crippen LogP contribution in [0.4, 0.5) is 11.4 Å². The molecule has 0 fully saturated rings. The van der Waals surface area contributed by atoms with E-state index in [0.717, 1.165) is 24.3 Å². The van der Waals surface area contributed by atoms with Gasteiger partial charge in [-0.05, 0) is 36.4 Å². The molecule has 12 nitrogen and oxygen atoms in total. The number of nitrogens with two attached hydrogens (primary N) is 1. The number of sulfone groups is 1. The average Bonchev–Trinajstić information content (AvgIpc) is 2.77. The Bertz CT molecular complexity index is 1830. The van der Waals surface area contributed by atoms with Gasteiger partial charge in [-0.15, -0.1) is 0 Å². The maximum atomic E-state index is 13.4. The van der Waals surface area contributed by atoms with E-state index in [4.69, 9.17) is 5.73 Å². The molecule has 1 heterocycles. The molecule has 0 saturated heterocycles. The van der Waals surface area contributed by atoms with Gasteiger partial charge in [0.05, 0.1) is 32.3 Å². The minimum absolute atomic E-state index is 0. The molecule has 186 valence electrons. The van der Waals surface area contributed by atoms with Crippen LogP contribution in [0, 0.1) is 0 Å². The number of imide groups is 1. The zero-order valence-corrected chi connectivity index (χ0v) is 21.7. The largest absolute Gasteiger partial charge is 1.00 e.